The van der Waals surface area contributed by atoms with E-state index in [1.165, 1.54) is 11.1 Å². The minimum Gasteiger partial charge on any atom is -0.368 e. The van der Waals surface area contributed by atoms with Gasteiger partial charge in [-0.3, -0.25) is 19.3 Å². The highest BCUT2D eigenvalue weighted by Crippen LogP contribution is 2.27. The first kappa shape index (κ1) is 16.4. The molecule has 1 fully saturated rings. The SMILES string of the molecule is NC(=O)CNC(=O)CC1C(=O)NCCN1C1Cc2ccccc2C1. The lowest BCUT2D eigenvalue weighted by molar-refractivity contribution is -0.135. The number of piperazine rings is 1. The van der Waals surface area contributed by atoms with Gasteiger partial charge in [0.25, 0.3) is 0 Å². The number of nitrogens with two attached hydrogens (primary N) is 1. The number of hydrogen-bond donors (Lipinski definition) is 3. The zero-order valence-electron chi connectivity index (χ0n) is 13.5. The van der Waals surface area contributed by atoms with Crippen LogP contribution in [0.15, 0.2) is 24.3 Å². The number of carbonyl (C=O) groups is 3. The Morgan fingerprint density at radius 3 is 2.54 bits per heavy atom. The zero-order valence-corrected chi connectivity index (χ0v) is 13.5. The van der Waals surface area contributed by atoms with Crippen LogP contribution in [0.3, 0.4) is 0 Å². The van der Waals surface area contributed by atoms with Crippen molar-refractivity contribution >= 4 is 17.7 Å². The van der Waals surface area contributed by atoms with E-state index in [1.807, 2.05) is 12.1 Å². The maximum absolute atomic E-state index is 12.3. The molecule has 3 rings (SSSR count). The molecule has 4 N–H and O–H groups in total. The van der Waals surface area contributed by atoms with Crippen molar-refractivity contribution in [1.29, 1.82) is 0 Å². The summed E-state index contributed by atoms with van der Waals surface area (Å²) >= 11 is 0. The minimum absolute atomic E-state index is 0.0337. The van der Waals surface area contributed by atoms with Crippen molar-refractivity contribution in [1.82, 2.24) is 15.5 Å². The predicted molar refractivity (Wildman–Crippen MR) is 88.0 cm³/mol. The molecule has 0 bridgehead atoms. The summed E-state index contributed by atoms with van der Waals surface area (Å²) < 4.78 is 0. The van der Waals surface area contributed by atoms with Gasteiger partial charge < -0.3 is 16.4 Å². The van der Waals surface area contributed by atoms with E-state index in [-0.39, 0.29) is 30.8 Å². The van der Waals surface area contributed by atoms with Crippen LogP contribution in [0.25, 0.3) is 0 Å². The van der Waals surface area contributed by atoms with Crippen molar-refractivity contribution in [3.63, 3.8) is 0 Å². The van der Waals surface area contributed by atoms with Crippen LogP contribution in [-0.4, -0.2) is 54.3 Å². The lowest BCUT2D eigenvalue weighted by Gasteiger charge is -2.38. The molecule has 1 aliphatic carbocycles. The summed E-state index contributed by atoms with van der Waals surface area (Å²) in [6, 6.07) is 8.01. The fourth-order valence-corrected chi connectivity index (χ4v) is 3.58. The van der Waals surface area contributed by atoms with Gasteiger partial charge in [-0.1, -0.05) is 24.3 Å². The second-order valence-electron chi connectivity index (χ2n) is 6.32. The first-order valence-electron chi connectivity index (χ1n) is 8.20. The third kappa shape index (κ3) is 3.56. The standard InChI is InChI=1S/C17H22N4O3/c18-15(22)10-20-16(23)9-14-17(24)19-5-6-21(14)13-7-11-3-1-2-4-12(11)8-13/h1-4,13-14H,5-10H2,(H2,18,22)(H,19,24)(H,20,23). The van der Waals surface area contributed by atoms with Gasteiger partial charge in [0.05, 0.1) is 19.0 Å². The molecule has 7 heteroatoms. The lowest BCUT2D eigenvalue weighted by atomic mass is 10.0. The van der Waals surface area contributed by atoms with Crippen molar-refractivity contribution in [3.05, 3.63) is 35.4 Å². The number of primary amides is 1. The molecule has 0 saturated carbocycles. The van der Waals surface area contributed by atoms with Crippen molar-refractivity contribution in [2.45, 2.75) is 31.3 Å². The summed E-state index contributed by atoms with van der Waals surface area (Å²) in [5, 5.41) is 5.28. The van der Waals surface area contributed by atoms with Gasteiger partial charge in [0.15, 0.2) is 0 Å². The van der Waals surface area contributed by atoms with Gasteiger partial charge in [-0.2, -0.15) is 0 Å². The van der Waals surface area contributed by atoms with E-state index >= 15 is 0 Å². The largest absolute Gasteiger partial charge is 0.368 e. The second kappa shape index (κ2) is 7.00. The Morgan fingerprint density at radius 2 is 1.92 bits per heavy atom. The van der Waals surface area contributed by atoms with Crippen LogP contribution in [-0.2, 0) is 27.2 Å². The first-order valence-corrected chi connectivity index (χ1v) is 8.20. The Labute approximate surface area is 140 Å². The number of nitrogens with zero attached hydrogens (tertiary/aromatic N) is 1. The Bertz CT molecular complexity index is 636. The average molecular weight is 330 g/mol. The smallest absolute Gasteiger partial charge is 0.237 e. The van der Waals surface area contributed by atoms with E-state index in [0.717, 1.165) is 19.4 Å². The molecule has 0 radical (unpaired) electrons. The van der Waals surface area contributed by atoms with Gasteiger partial charge in [0, 0.05) is 19.1 Å². The molecule has 1 aliphatic heterocycles. The van der Waals surface area contributed by atoms with Gasteiger partial charge in [-0.25, -0.2) is 0 Å². The minimum atomic E-state index is -0.598. The zero-order chi connectivity index (χ0) is 17.1. The highest BCUT2D eigenvalue weighted by atomic mass is 16.2. The number of fused-ring (bicyclic) bond motifs is 1. The second-order valence-corrected chi connectivity index (χ2v) is 6.32. The number of benzene rings is 1. The molecule has 0 aromatic heterocycles. The number of nitrogens with one attached hydrogen (secondary N) is 2. The fourth-order valence-electron chi connectivity index (χ4n) is 3.58. The molecule has 1 aromatic rings. The molecule has 2 aliphatic rings. The van der Waals surface area contributed by atoms with Crippen LogP contribution in [0, 0.1) is 0 Å². The third-order valence-electron chi connectivity index (χ3n) is 4.71. The number of carbonyl (C=O) groups excluding carboxylic acids is 3. The molecule has 1 aromatic carbocycles. The molecule has 1 heterocycles. The monoisotopic (exact) mass is 330 g/mol. The summed E-state index contributed by atoms with van der Waals surface area (Å²) in [5.74, 6) is -1.07. The Balaban J connectivity index is 1.68. The van der Waals surface area contributed by atoms with Crippen molar-refractivity contribution in [2.75, 3.05) is 19.6 Å². The summed E-state index contributed by atoms with van der Waals surface area (Å²) in [6.07, 6.45) is 1.82. The van der Waals surface area contributed by atoms with Crippen molar-refractivity contribution in [3.8, 4) is 0 Å². The van der Waals surface area contributed by atoms with E-state index in [4.69, 9.17) is 5.73 Å². The summed E-state index contributed by atoms with van der Waals surface area (Å²) in [7, 11) is 0. The van der Waals surface area contributed by atoms with Gasteiger partial charge >= 0.3 is 0 Å². The quantitative estimate of drug-likeness (QED) is 0.640. The van der Waals surface area contributed by atoms with Crippen LogP contribution in [0.1, 0.15) is 17.5 Å². The highest BCUT2D eigenvalue weighted by molar-refractivity contribution is 5.90. The molecular formula is C17H22N4O3. The lowest BCUT2D eigenvalue weighted by Crippen LogP contribution is -2.59. The van der Waals surface area contributed by atoms with Crippen LogP contribution < -0.4 is 16.4 Å². The van der Waals surface area contributed by atoms with Gasteiger partial charge in [0.2, 0.25) is 17.7 Å². The van der Waals surface area contributed by atoms with Crippen LogP contribution >= 0.6 is 0 Å². The maximum Gasteiger partial charge on any atom is 0.237 e. The predicted octanol–water partition coefficient (Wildman–Crippen LogP) is -1.05. The molecule has 0 spiro atoms. The molecule has 3 amide bonds. The molecule has 24 heavy (non-hydrogen) atoms. The van der Waals surface area contributed by atoms with Crippen LogP contribution in [0.5, 0.6) is 0 Å². The fraction of sp³-hybridized carbons (Fsp3) is 0.471. The molecule has 1 unspecified atom stereocenters. The van der Waals surface area contributed by atoms with Crippen molar-refractivity contribution in [2.24, 2.45) is 5.73 Å². The number of rotatable bonds is 5. The molecule has 7 nitrogen and oxygen atoms in total. The van der Waals surface area contributed by atoms with E-state index in [2.05, 4.69) is 27.7 Å². The molecule has 1 atom stereocenters. The number of amides is 3. The normalized spacial score (nSPS) is 21.2. The highest BCUT2D eigenvalue weighted by Gasteiger charge is 2.38. The van der Waals surface area contributed by atoms with Crippen LogP contribution in [0.4, 0.5) is 0 Å². The Morgan fingerprint density at radius 1 is 1.25 bits per heavy atom. The van der Waals surface area contributed by atoms with E-state index in [0.29, 0.717) is 6.54 Å². The van der Waals surface area contributed by atoms with Gasteiger partial charge in [-0.15, -0.1) is 0 Å². The topological polar surface area (TPSA) is 105 Å². The van der Waals surface area contributed by atoms with Crippen molar-refractivity contribution < 1.29 is 14.4 Å². The Hall–Kier alpha value is -2.41. The summed E-state index contributed by atoms with van der Waals surface area (Å²) in [5.41, 5.74) is 7.65. The molecule has 1 saturated heterocycles. The number of hydrogen-bond acceptors (Lipinski definition) is 4. The van der Waals surface area contributed by atoms with E-state index in [9.17, 15) is 14.4 Å². The van der Waals surface area contributed by atoms with Gasteiger partial charge in [-0.05, 0) is 24.0 Å². The maximum atomic E-state index is 12.3. The molecule has 128 valence electrons. The molecular weight excluding hydrogens is 308 g/mol. The summed E-state index contributed by atoms with van der Waals surface area (Å²) in [6.45, 7) is 1.10. The average Bonchev–Trinajstić information content (AvgIpc) is 2.98. The summed E-state index contributed by atoms with van der Waals surface area (Å²) in [4.78, 5) is 37.2. The first-order chi connectivity index (χ1) is 11.5. The van der Waals surface area contributed by atoms with Gasteiger partial charge in [0.1, 0.15) is 0 Å². The van der Waals surface area contributed by atoms with E-state index < -0.39 is 11.9 Å². The van der Waals surface area contributed by atoms with Crippen LogP contribution in [0.2, 0.25) is 0 Å². The Kier molecular flexibility index (Phi) is 4.80. The van der Waals surface area contributed by atoms with E-state index in [1.54, 1.807) is 0 Å². The third-order valence-corrected chi connectivity index (χ3v) is 4.71.